The van der Waals surface area contributed by atoms with Gasteiger partial charge in [-0.15, -0.1) is 0 Å². The van der Waals surface area contributed by atoms with E-state index in [1.165, 1.54) is 17.3 Å². The number of thioether (sulfide) groups is 1. The summed E-state index contributed by atoms with van der Waals surface area (Å²) in [6.45, 7) is 8.46. The van der Waals surface area contributed by atoms with Gasteiger partial charge >= 0.3 is 5.97 Å². The number of esters is 1. The van der Waals surface area contributed by atoms with Crippen molar-refractivity contribution in [3.8, 4) is 0 Å². The normalized spacial score (nSPS) is 17.4. The van der Waals surface area contributed by atoms with Crippen molar-refractivity contribution < 1.29 is 19.1 Å². The number of anilines is 1. The van der Waals surface area contributed by atoms with Crippen LogP contribution in [0.3, 0.4) is 0 Å². The predicted molar refractivity (Wildman–Crippen MR) is 127 cm³/mol. The Bertz CT molecular complexity index is 1050. The summed E-state index contributed by atoms with van der Waals surface area (Å²) in [7, 11) is 0. The number of hydrogen-bond acceptors (Lipinski definition) is 6. The molecule has 0 radical (unpaired) electrons. The van der Waals surface area contributed by atoms with E-state index in [4.69, 9.17) is 4.74 Å². The molecule has 1 aliphatic heterocycles. The molecule has 1 fully saturated rings. The Morgan fingerprint density at radius 1 is 1.12 bits per heavy atom. The number of nitrogens with zero attached hydrogens (tertiary/aromatic N) is 2. The van der Waals surface area contributed by atoms with Gasteiger partial charge < -0.3 is 10.1 Å². The van der Waals surface area contributed by atoms with Crippen LogP contribution in [0.15, 0.2) is 47.5 Å². The molecule has 0 spiro atoms. The van der Waals surface area contributed by atoms with Crippen molar-refractivity contribution in [2.45, 2.75) is 39.4 Å². The molecule has 2 aromatic rings. The highest BCUT2D eigenvalue weighted by molar-refractivity contribution is 8.15. The van der Waals surface area contributed by atoms with Crippen LogP contribution in [0.5, 0.6) is 0 Å². The third kappa shape index (κ3) is 5.56. The predicted octanol–water partition coefficient (Wildman–Crippen LogP) is 4.46. The highest BCUT2D eigenvalue weighted by Gasteiger charge is 2.35. The van der Waals surface area contributed by atoms with Gasteiger partial charge in [-0.2, -0.15) is 0 Å². The molecule has 2 aromatic carbocycles. The van der Waals surface area contributed by atoms with Crippen LogP contribution >= 0.6 is 11.8 Å². The van der Waals surface area contributed by atoms with E-state index in [9.17, 15) is 14.4 Å². The number of nitrogens with one attached hydrogen (secondary N) is 1. The number of aliphatic imine (C=N–C) groups is 1. The van der Waals surface area contributed by atoms with Crippen LogP contribution in [-0.2, 0) is 14.3 Å². The molecular weight excluding hydrogens is 426 g/mol. The smallest absolute Gasteiger partial charge is 0.338 e. The number of carbonyl (C=O) groups excluding carboxylic acids is 3. The summed E-state index contributed by atoms with van der Waals surface area (Å²) in [6, 6.07) is 12.3. The Morgan fingerprint density at radius 2 is 1.84 bits per heavy atom. The van der Waals surface area contributed by atoms with E-state index in [1.807, 2.05) is 39.0 Å². The fraction of sp³-hybridized carbons (Fsp3) is 0.333. The molecule has 8 heteroatoms. The highest BCUT2D eigenvalue weighted by atomic mass is 32.2. The lowest BCUT2D eigenvalue weighted by Gasteiger charge is -2.31. The van der Waals surface area contributed by atoms with Crippen LogP contribution in [0, 0.1) is 13.8 Å². The lowest BCUT2D eigenvalue weighted by atomic mass is 10.1. The second-order valence-corrected chi connectivity index (χ2v) is 8.57. The molecule has 1 N–H and O–H groups in total. The highest BCUT2D eigenvalue weighted by Crippen LogP contribution is 2.30. The van der Waals surface area contributed by atoms with Crippen LogP contribution in [0.25, 0.3) is 0 Å². The van der Waals surface area contributed by atoms with Crippen LogP contribution in [0.2, 0.25) is 0 Å². The number of aryl methyl sites for hydroxylation is 2. The largest absolute Gasteiger partial charge is 0.462 e. The molecule has 0 aromatic heterocycles. The summed E-state index contributed by atoms with van der Waals surface area (Å²) in [6.07, 6.45) is 0.0944. The van der Waals surface area contributed by atoms with Crippen molar-refractivity contribution in [2.24, 2.45) is 4.99 Å². The molecule has 168 valence electrons. The quantitative estimate of drug-likeness (QED) is 0.653. The van der Waals surface area contributed by atoms with E-state index < -0.39 is 11.2 Å². The lowest BCUT2D eigenvalue weighted by molar-refractivity contribution is -0.129. The third-order valence-electron chi connectivity index (χ3n) is 5.13. The molecular formula is C24H27N3O4S. The van der Waals surface area contributed by atoms with Gasteiger partial charge in [0.1, 0.15) is 5.25 Å². The monoisotopic (exact) mass is 453 g/mol. The van der Waals surface area contributed by atoms with Crippen molar-refractivity contribution in [1.29, 1.82) is 0 Å². The summed E-state index contributed by atoms with van der Waals surface area (Å²) in [5.41, 5.74) is 3.98. The van der Waals surface area contributed by atoms with Crippen LogP contribution < -0.4 is 5.32 Å². The SMILES string of the molecule is CCOC(=O)c1ccc(NC(=O)C2CC(=O)N(CC)C(=Nc3ccc(C)c(C)c3)S2)cc1. The summed E-state index contributed by atoms with van der Waals surface area (Å²) in [5, 5.41) is 2.75. The maximum atomic E-state index is 12.9. The van der Waals surface area contributed by atoms with E-state index in [1.54, 1.807) is 36.1 Å². The zero-order valence-corrected chi connectivity index (χ0v) is 19.5. The molecule has 1 saturated heterocycles. The number of ether oxygens (including phenoxy) is 1. The third-order valence-corrected chi connectivity index (χ3v) is 6.31. The minimum atomic E-state index is -0.597. The molecule has 1 atom stereocenters. The van der Waals surface area contributed by atoms with Crippen molar-refractivity contribution in [1.82, 2.24) is 4.90 Å². The fourth-order valence-electron chi connectivity index (χ4n) is 3.18. The Balaban J connectivity index is 1.75. The summed E-state index contributed by atoms with van der Waals surface area (Å²) >= 11 is 1.28. The Morgan fingerprint density at radius 3 is 2.47 bits per heavy atom. The van der Waals surface area contributed by atoms with Crippen molar-refractivity contribution in [3.05, 3.63) is 59.2 Å². The zero-order valence-electron chi connectivity index (χ0n) is 18.7. The summed E-state index contributed by atoms with van der Waals surface area (Å²) in [5.74, 6) is -0.826. The average Bonchev–Trinajstić information content (AvgIpc) is 2.76. The van der Waals surface area contributed by atoms with Crippen LogP contribution in [0.4, 0.5) is 11.4 Å². The number of carbonyl (C=O) groups is 3. The number of amides is 2. The minimum Gasteiger partial charge on any atom is -0.462 e. The molecule has 0 saturated carbocycles. The van der Waals surface area contributed by atoms with Gasteiger partial charge in [0.2, 0.25) is 11.8 Å². The average molecular weight is 454 g/mol. The van der Waals surface area contributed by atoms with Gasteiger partial charge in [-0.05, 0) is 75.2 Å². The Kier molecular flexibility index (Phi) is 7.69. The summed E-state index contributed by atoms with van der Waals surface area (Å²) < 4.78 is 4.97. The maximum absolute atomic E-state index is 12.9. The molecule has 0 bridgehead atoms. The Hall–Kier alpha value is -3.13. The van der Waals surface area contributed by atoms with E-state index in [0.717, 1.165) is 11.3 Å². The molecule has 1 unspecified atom stereocenters. The van der Waals surface area contributed by atoms with E-state index in [0.29, 0.717) is 29.6 Å². The zero-order chi connectivity index (χ0) is 23.3. The van der Waals surface area contributed by atoms with Crippen LogP contribution in [-0.4, -0.2) is 46.3 Å². The fourth-order valence-corrected chi connectivity index (χ4v) is 4.35. The number of hydrogen-bond donors (Lipinski definition) is 1. The van der Waals surface area contributed by atoms with Crippen LogP contribution in [0.1, 0.15) is 41.8 Å². The first kappa shape index (κ1) is 23.5. The topological polar surface area (TPSA) is 88.1 Å². The van der Waals surface area contributed by atoms with E-state index in [2.05, 4.69) is 10.3 Å². The van der Waals surface area contributed by atoms with Gasteiger partial charge in [0.05, 0.1) is 17.9 Å². The molecule has 1 aliphatic rings. The maximum Gasteiger partial charge on any atom is 0.338 e. The summed E-state index contributed by atoms with van der Waals surface area (Å²) in [4.78, 5) is 43.6. The molecule has 2 amide bonds. The van der Waals surface area contributed by atoms with Gasteiger partial charge in [0.15, 0.2) is 5.17 Å². The Labute approximate surface area is 192 Å². The van der Waals surface area contributed by atoms with Gasteiger partial charge in [-0.25, -0.2) is 9.79 Å². The number of benzene rings is 2. The number of amidine groups is 1. The minimum absolute atomic E-state index is 0.0944. The van der Waals surface area contributed by atoms with Gasteiger partial charge in [-0.3, -0.25) is 14.5 Å². The first-order valence-corrected chi connectivity index (χ1v) is 11.4. The first-order valence-electron chi connectivity index (χ1n) is 10.5. The molecule has 0 aliphatic carbocycles. The van der Waals surface area contributed by atoms with E-state index >= 15 is 0 Å². The van der Waals surface area contributed by atoms with Crippen molar-refractivity contribution >= 4 is 46.1 Å². The molecule has 7 nitrogen and oxygen atoms in total. The second-order valence-electron chi connectivity index (χ2n) is 7.40. The van der Waals surface area contributed by atoms with Crippen molar-refractivity contribution in [2.75, 3.05) is 18.5 Å². The number of rotatable bonds is 6. The van der Waals surface area contributed by atoms with E-state index in [-0.39, 0.29) is 18.2 Å². The molecule has 32 heavy (non-hydrogen) atoms. The first-order chi connectivity index (χ1) is 15.3. The van der Waals surface area contributed by atoms with Gasteiger partial charge in [0, 0.05) is 18.7 Å². The second kappa shape index (κ2) is 10.5. The van der Waals surface area contributed by atoms with Gasteiger partial charge in [-0.1, -0.05) is 17.8 Å². The van der Waals surface area contributed by atoms with Crippen molar-refractivity contribution in [3.63, 3.8) is 0 Å². The molecule has 3 rings (SSSR count). The molecule has 1 heterocycles. The lowest BCUT2D eigenvalue weighted by Crippen LogP contribution is -2.45. The van der Waals surface area contributed by atoms with Gasteiger partial charge in [0.25, 0.3) is 0 Å². The standard InChI is InChI=1S/C24H27N3O4S/c1-5-27-21(28)14-20(32-24(27)26-19-10-7-15(3)16(4)13-19)22(29)25-18-11-8-17(9-12-18)23(30)31-6-2/h7-13,20H,5-6,14H2,1-4H3,(H,25,29).